The average molecular weight is 492 g/mol. The van der Waals surface area contributed by atoms with Crippen molar-refractivity contribution in [3.8, 4) is 5.88 Å². The van der Waals surface area contributed by atoms with Crippen LogP contribution in [0.5, 0.6) is 5.88 Å². The van der Waals surface area contributed by atoms with E-state index in [1.165, 1.54) is 17.9 Å². The lowest BCUT2D eigenvalue weighted by atomic mass is 10.2. The van der Waals surface area contributed by atoms with Crippen LogP contribution in [0.15, 0.2) is 83.8 Å². The van der Waals surface area contributed by atoms with E-state index in [9.17, 15) is 4.79 Å². The molecule has 8 heteroatoms. The molecular weight excluding hydrogens is 461 g/mol. The number of fused-ring (bicyclic) bond motifs is 1. The Morgan fingerprint density at radius 2 is 1.57 bits per heavy atom. The quantitative estimate of drug-likeness (QED) is 0.352. The van der Waals surface area contributed by atoms with Crippen molar-refractivity contribution in [3.63, 3.8) is 0 Å². The summed E-state index contributed by atoms with van der Waals surface area (Å²) in [5.41, 5.74) is 0.349. The van der Waals surface area contributed by atoms with Crippen molar-refractivity contribution in [3.05, 3.63) is 89.3 Å². The molecule has 0 radical (unpaired) electrons. The van der Waals surface area contributed by atoms with E-state index in [0.717, 1.165) is 10.4 Å². The molecule has 0 aliphatic rings. The molecule has 6 nitrogen and oxygen atoms in total. The van der Waals surface area contributed by atoms with Crippen LogP contribution in [-0.2, 0) is 11.0 Å². The molecular formula is C27H30FN3O3Si. The third-order valence-corrected chi connectivity index (χ3v) is 11.2. The summed E-state index contributed by atoms with van der Waals surface area (Å²) in [6.07, 6.45) is -0.250. The van der Waals surface area contributed by atoms with Crippen molar-refractivity contribution >= 4 is 29.9 Å². The average Bonchev–Trinajstić information content (AvgIpc) is 2.86. The predicted octanol–water partition coefficient (Wildman–Crippen LogP) is 3.71. The van der Waals surface area contributed by atoms with E-state index in [0.29, 0.717) is 11.4 Å². The second kappa shape index (κ2) is 10.1. The molecule has 2 heterocycles. The summed E-state index contributed by atoms with van der Waals surface area (Å²) in [5, 5.41) is 1.87. The summed E-state index contributed by atoms with van der Waals surface area (Å²) in [5.74, 6) is 0.331. The van der Waals surface area contributed by atoms with Gasteiger partial charge in [0.05, 0.1) is 26.5 Å². The van der Waals surface area contributed by atoms with Gasteiger partial charge in [-0.25, -0.2) is 9.37 Å². The minimum absolute atomic E-state index is 0.159. The first-order valence-electron chi connectivity index (χ1n) is 11.6. The van der Waals surface area contributed by atoms with Crippen LogP contribution in [0.3, 0.4) is 0 Å². The molecule has 0 saturated heterocycles. The van der Waals surface area contributed by atoms with Crippen LogP contribution < -0.4 is 20.7 Å². The molecule has 0 saturated carbocycles. The second-order valence-corrected chi connectivity index (χ2v) is 13.8. The van der Waals surface area contributed by atoms with Crippen molar-refractivity contribution in [2.24, 2.45) is 0 Å². The van der Waals surface area contributed by atoms with E-state index in [1.54, 1.807) is 12.1 Å². The Labute approximate surface area is 205 Å². The number of hydrogen-bond donors (Lipinski definition) is 0. The number of rotatable bonds is 8. The number of nitrogens with zero attached hydrogens (tertiary/aromatic N) is 3. The van der Waals surface area contributed by atoms with Gasteiger partial charge in [0.1, 0.15) is 11.7 Å². The lowest BCUT2D eigenvalue weighted by Gasteiger charge is -2.43. The van der Waals surface area contributed by atoms with E-state index in [-0.39, 0.29) is 23.8 Å². The van der Waals surface area contributed by atoms with E-state index in [1.807, 2.05) is 36.4 Å². The Balaban J connectivity index is 1.69. The summed E-state index contributed by atoms with van der Waals surface area (Å²) in [4.78, 5) is 21.0. The highest BCUT2D eigenvalue weighted by Gasteiger charge is 2.50. The first-order valence-corrected chi connectivity index (χ1v) is 13.5. The zero-order valence-electron chi connectivity index (χ0n) is 20.4. The molecule has 1 atom stereocenters. The highest BCUT2D eigenvalue weighted by Crippen LogP contribution is 2.37. The lowest BCUT2D eigenvalue weighted by molar-refractivity contribution is 0.170. The number of hydrogen-bond acceptors (Lipinski definition) is 5. The standard InChI is InChI=1S/C27H30FN3O3Si/c1-27(2,3)35(21-11-7-5-8-12-21,22-13-9-6-10-14-22)34-19-20(28)18-31-25(32)17-29-23-15-16-24(33-4)30-26(23)31/h5-17,20H,18-19H2,1-4H3. The smallest absolute Gasteiger partial charge is 0.270 e. The van der Waals surface area contributed by atoms with Crippen LogP contribution >= 0.6 is 0 Å². The Morgan fingerprint density at radius 1 is 0.971 bits per heavy atom. The first kappa shape index (κ1) is 24.8. The fraction of sp³-hybridized carbons (Fsp3) is 0.296. The van der Waals surface area contributed by atoms with Gasteiger partial charge in [0.2, 0.25) is 5.88 Å². The molecule has 0 spiro atoms. The molecule has 0 amide bonds. The van der Waals surface area contributed by atoms with Gasteiger partial charge >= 0.3 is 0 Å². The Hall–Kier alpha value is -3.36. The highest BCUT2D eigenvalue weighted by atomic mass is 28.4. The normalized spacial score (nSPS) is 13.1. The van der Waals surface area contributed by atoms with Crippen molar-refractivity contribution in [2.45, 2.75) is 38.5 Å². The van der Waals surface area contributed by atoms with Gasteiger partial charge in [0.15, 0.2) is 5.65 Å². The van der Waals surface area contributed by atoms with Crippen LogP contribution in [0.1, 0.15) is 20.8 Å². The summed E-state index contributed by atoms with van der Waals surface area (Å²) >= 11 is 0. The monoisotopic (exact) mass is 491 g/mol. The molecule has 1 unspecified atom stereocenters. The minimum atomic E-state index is -2.89. The van der Waals surface area contributed by atoms with E-state index < -0.39 is 20.0 Å². The summed E-state index contributed by atoms with van der Waals surface area (Å²) in [6, 6.07) is 23.5. The third-order valence-electron chi connectivity index (χ3n) is 6.15. The van der Waals surface area contributed by atoms with Crippen molar-refractivity contribution in [1.29, 1.82) is 0 Å². The molecule has 2 aromatic heterocycles. The highest BCUT2D eigenvalue weighted by molar-refractivity contribution is 6.99. The maximum absolute atomic E-state index is 15.6. The maximum Gasteiger partial charge on any atom is 0.270 e. The van der Waals surface area contributed by atoms with Crippen LogP contribution in [-0.4, -0.2) is 42.7 Å². The van der Waals surface area contributed by atoms with Crippen LogP contribution in [0.2, 0.25) is 5.04 Å². The van der Waals surface area contributed by atoms with Crippen LogP contribution in [0, 0.1) is 0 Å². The van der Waals surface area contributed by atoms with Gasteiger partial charge in [-0.2, -0.15) is 4.98 Å². The summed E-state index contributed by atoms with van der Waals surface area (Å²) in [6.45, 7) is 6.07. The molecule has 0 fully saturated rings. The fourth-order valence-electron chi connectivity index (χ4n) is 4.54. The van der Waals surface area contributed by atoms with Gasteiger partial charge < -0.3 is 9.16 Å². The molecule has 35 heavy (non-hydrogen) atoms. The molecule has 4 rings (SSSR count). The largest absolute Gasteiger partial charge is 0.481 e. The van der Waals surface area contributed by atoms with Crippen LogP contribution in [0.25, 0.3) is 11.2 Å². The maximum atomic E-state index is 15.6. The Bertz CT molecular complexity index is 1300. The fourth-order valence-corrected chi connectivity index (χ4v) is 9.13. The first-order chi connectivity index (χ1) is 16.8. The molecule has 4 aromatic rings. The molecule has 0 aliphatic heterocycles. The number of aromatic nitrogens is 3. The van der Waals surface area contributed by atoms with Crippen LogP contribution in [0.4, 0.5) is 4.39 Å². The van der Waals surface area contributed by atoms with Gasteiger partial charge in [0.25, 0.3) is 13.9 Å². The SMILES string of the molecule is COc1ccc2ncc(=O)n(CC(F)CO[Si](c3ccccc3)(c3ccccc3)C(C)(C)C)c2n1. The zero-order chi connectivity index (χ0) is 25.1. The Morgan fingerprint density at radius 3 is 2.11 bits per heavy atom. The summed E-state index contributed by atoms with van der Waals surface area (Å²) in [7, 11) is -1.40. The number of methoxy groups -OCH3 is 1. The minimum Gasteiger partial charge on any atom is -0.481 e. The van der Waals surface area contributed by atoms with Gasteiger partial charge in [-0.15, -0.1) is 0 Å². The zero-order valence-corrected chi connectivity index (χ0v) is 21.4. The number of benzene rings is 2. The predicted molar refractivity (Wildman–Crippen MR) is 139 cm³/mol. The molecule has 182 valence electrons. The number of ether oxygens (including phenoxy) is 1. The number of halogens is 1. The number of alkyl halides is 1. The van der Waals surface area contributed by atoms with Crippen molar-refractivity contribution in [1.82, 2.24) is 14.5 Å². The van der Waals surface area contributed by atoms with Gasteiger partial charge in [-0.1, -0.05) is 81.4 Å². The Kier molecular flexibility index (Phi) is 7.14. The molecule has 0 N–H and O–H groups in total. The van der Waals surface area contributed by atoms with Gasteiger partial charge in [-0.3, -0.25) is 9.36 Å². The van der Waals surface area contributed by atoms with Crippen molar-refractivity contribution in [2.75, 3.05) is 13.7 Å². The van der Waals surface area contributed by atoms with Gasteiger partial charge in [-0.05, 0) is 21.5 Å². The van der Waals surface area contributed by atoms with Crippen molar-refractivity contribution < 1.29 is 13.6 Å². The lowest BCUT2D eigenvalue weighted by Crippen LogP contribution is -2.67. The van der Waals surface area contributed by atoms with Gasteiger partial charge in [0, 0.05) is 6.07 Å². The summed E-state index contributed by atoms with van der Waals surface area (Å²) < 4.78 is 28.8. The number of pyridine rings is 1. The second-order valence-electron chi connectivity index (χ2n) is 9.47. The topological polar surface area (TPSA) is 66.2 Å². The molecule has 0 bridgehead atoms. The van der Waals surface area contributed by atoms with E-state index in [4.69, 9.17) is 9.16 Å². The van der Waals surface area contributed by atoms with E-state index in [2.05, 4.69) is 55.0 Å². The third kappa shape index (κ3) is 4.90. The van der Waals surface area contributed by atoms with E-state index >= 15 is 4.39 Å². The molecule has 0 aliphatic carbocycles. The molecule has 2 aromatic carbocycles.